The van der Waals surface area contributed by atoms with E-state index in [1.54, 1.807) is 24.5 Å². The lowest BCUT2D eigenvalue weighted by Crippen LogP contribution is -2.38. The van der Waals surface area contributed by atoms with Crippen LogP contribution in [-0.4, -0.2) is 43.7 Å². The van der Waals surface area contributed by atoms with Crippen molar-refractivity contribution in [2.45, 2.75) is 33.0 Å². The molecule has 1 unspecified atom stereocenters. The average Bonchev–Trinajstić information content (AvgIpc) is 3.13. The Labute approximate surface area is 187 Å². The minimum atomic E-state index is -0.383. The van der Waals surface area contributed by atoms with Gasteiger partial charge in [0.15, 0.2) is 17.5 Å². The van der Waals surface area contributed by atoms with Crippen LogP contribution in [0.25, 0.3) is 0 Å². The van der Waals surface area contributed by atoms with Crippen molar-refractivity contribution in [2.75, 3.05) is 27.8 Å². The van der Waals surface area contributed by atoms with Gasteiger partial charge in [-0.3, -0.25) is 0 Å². The number of nitrogens with one attached hydrogen (secondary N) is 1. The summed E-state index contributed by atoms with van der Waals surface area (Å²) in [6.45, 7) is 5.72. The average molecular weight is 522 g/mol. The van der Waals surface area contributed by atoms with Gasteiger partial charge in [-0.2, -0.15) is 0 Å². The highest BCUT2D eigenvalue weighted by Crippen LogP contribution is 2.21. The first-order valence-corrected chi connectivity index (χ1v) is 9.65. The molecule has 0 spiro atoms. The van der Waals surface area contributed by atoms with E-state index in [1.165, 1.54) is 13.2 Å². The van der Waals surface area contributed by atoms with Crippen LogP contribution in [0.5, 0.6) is 5.75 Å². The van der Waals surface area contributed by atoms with Crippen LogP contribution >= 0.6 is 35.3 Å². The van der Waals surface area contributed by atoms with Gasteiger partial charge < -0.3 is 19.7 Å². The molecule has 0 fully saturated rings. The molecule has 1 N–H and O–H groups in total. The van der Waals surface area contributed by atoms with E-state index in [-0.39, 0.29) is 41.6 Å². The fraction of sp³-hybridized carbons (Fsp3) is 0.474. The summed E-state index contributed by atoms with van der Waals surface area (Å²) in [6.07, 6.45) is -0.0130. The minimum absolute atomic E-state index is 0. The number of benzene rings is 1. The number of rotatable bonds is 8. The maximum absolute atomic E-state index is 13.8. The van der Waals surface area contributed by atoms with Crippen molar-refractivity contribution in [3.05, 3.63) is 45.7 Å². The number of guanidine groups is 1. The number of hydrogen-bond donors (Lipinski definition) is 1. The standard InChI is InChI=1S/C19H27FN4O2S.HI/c1-6-21-19(22-10-14-7-8-17(26-5)16(20)9-14)24(3)11-15-12-27-18(23-15)13(2)25-4;/h7-9,12-13H,6,10-11H2,1-5H3,(H,21,22);1H. The SMILES string of the molecule is CCNC(=NCc1ccc(OC)c(F)c1)N(C)Cc1csc(C(C)OC)n1.I. The molecule has 0 aliphatic rings. The smallest absolute Gasteiger partial charge is 0.194 e. The number of ether oxygens (including phenoxy) is 2. The number of halogens is 2. The van der Waals surface area contributed by atoms with E-state index in [0.29, 0.717) is 13.1 Å². The summed E-state index contributed by atoms with van der Waals surface area (Å²) in [5, 5.41) is 6.25. The molecule has 0 aliphatic carbocycles. The molecular formula is C19H28FIN4O2S. The van der Waals surface area contributed by atoms with Crippen molar-refractivity contribution in [1.82, 2.24) is 15.2 Å². The Morgan fingerprint density at radius 2 is 2.14 bits per heavy atom. The molecule has 0 bridgehead atoms. The maximum Gasteiger partial charge on any atom is 0.194 e. The Balaban J connectivity index is 0.00000392. The number of nitrogens with zero attached hydrogens (tertiary/aromatic N) is 3. The quantitative estimate of drug-likeness (QED) is 0.320. The first kappa shape index (κ1) is 24.6. The second-order valence-corrected chi connectivity index (χ2v) is 6.94. The van der Waals surface area contributed by atoms with Crippen LogP contribution in [0, 0.1) is 5.82 Å². The summed E-state index contributed by atoms with van der Waals surface area (Å²) in [4.78, 5) is 11.2. The van der Waals surface area contributed by atoms with Crippen LogP contribution < -0.4 is 10.1 Å². The third-order valence-corrected chi connectivity index (χ3v) is 5.05. The Hall–Kier alpha value is -1.46. The van der Waals surface area contributed by atoms with E-state index in [2.05, 4.69) is 15.3 Å². The number of methoxy groups -OCH3 is 2. The summed E-state index contributed by atoms with van der Waals surface area (Å²) in [5.74, 6) is 0.588. The fourth-order valence-corrected chi connectivity index (χ4v) is 3.29. The Morgan fingerprint density at radius 3 is 2.75 bits per heavy atom. The Bertz CT molecular complexity index is 772. The highest BCUT2D eigenvalue weighted by atomic mass is 127. The van der Waals surface area contributed by atoms with Gasteiger partial charge in [0.2, 0.25) is 0 Å². The van der Waals surface area contributed by atoms with Crippen molar-refractivity contribution in [2.24, 2.45) is 4.99 Å². The largest absolute Gasteiger partial charge is 0.494 e. The second kappa shape index (κ2) is 12.2. The van der Waals surface area contributed by atoms with Crippen LogP contribution in [0.4, 0.5) is 4.39 Å². The molecule has 28 heavy (non-hydrogen) atoms. The molecule has 1 aromatic carbocycles. The summed E-state index contributed by atoms with van der Waals surface area (Å²) >= 11 is 1.59. The van der Waals surface area contributed by atoms with Gasteiger partial charge in [0.05, 0.1) is 25.9 Å². The summed E-state index contributed by atoms with van der Waals surface area (Å²) < 4.78 is 24.1. The van der Waals surface area contributed by atoms with E-state index in [0.717, 1.165) is 28.8 Å². The van der Waals surface area contributed by atoms with Crippen LogP contribution in [0.15, 0.2) is 28.6 Å². The normalized spacial score (nSPS) is 12.3. The molecular weight excluding hydrogens is 494 g/mol. The Morgan fingerprint density at radius 1 is 1.39 bits per heavy atom. The van der Waals surface area contributed by atoms with Crippen LogP contribution in [0.1, 0.15) is 36.2 Å². The second-order valence-electron chi connectivity index (χ2n) is 6.05. The predicted molar refractivity (Wildman–Crippen MR) is 122 cm³/mol. The number of hydrogen-bond acceptors (Lipinski definition) is 5. The van der Waals surface area contributed by atoms with E-state index in [1.807, 2.05) is 37.2 Å². The topological polar surface area (TPSA) is 59.0 Å². The molecule has 0 saturated carbocycles. The third kappa shape index (κ3) is 6.85. The first-order chi connectivity index (χ1) is 13.0. The Kier molecular flexibility index (Phi) is 10.7. The van der Waals surface area contributed by atoms with Crippen molar-refractivity contribution in [3.8, 4) is 5.75 Å². The van der Waals surface area contributed by atoms with Crippen LogP contribution in [0.3, 0.4) is 0 Å². The van der Waals surface area contributed by atoms with Crippen molar-refractivity contribution in [3.63, 3.8) is 0 Å². The predicted octanol–water partition coefficient (Wildman–Crippen LogP) is 4.21. The van der Waals surface area contributed by atoms with Gasteiger partial charge in [0, 0.05) is 26.1 Å². The molecule has 2 aromatic rings. The number of aliphatic imine (C=N–C) groups is 1. The summed E-state index contributed by atoms with van der Waals surface area (Å²) in [5.41, 5.74) is 1.74. The monoisotopic (exact) mass is 522 g/mol. The fourth-order valence-electron chi connectivity index (χ4n) is 2.44. The van der Waals surface area contributed by atoms with E-state index in [4.69, 9.17) is 9.47 Å². The summed E-state index contributed by atoms with van der Waals surface area (Å²) in [7, 11) is 5.08. The lowest BCUT2D eigenvalue weighted by molar-refractivity contribution is 0.119. The summed E-state index contributed by atoms with van der Waals surface area (Å²) in [6, 6.07) is 4.88. The van der Waals surface area contributed by atoms with E-state index >= 15 is 0 Å². The highest BCUT2D eigenvalue weighted by Gasteiger charge is 2.13. The molecule has 1 atom stereocenters. The molecule has 2 rings (SSSR count). The van der Waals surface area contributed by atoms with Crippen molar-refractivity contribution < 1.29 is 13.9 Å². The van der Waals surface area contributed by atoms with Crippen molar-refractivity contribution >= 4 is 41.3 Å². The molecule has 6 nitrogen and oxygen atoms in total. The first-order valence-electron chi connectivity index (χ1n) is 8.77. The maximum atomic E-state index is 13.8. The van der Waals surface area contributed by atoms with Gasteiger partial charge in [-0.15, -0.1) is 35.3 Å². The minimum Gasteiger partial charge on any atom is -0.494 e. The molecule has 1 heterocycles. The third-order valence-electron chi connectivity index (χ3n) is 3.99. The zero-order chi connectivity index (χ0) is 19.8. The van der Waals surface area contributed by atoms with E-state index < -0.39 is 0 Å². The number of aromatic nitrogens is 1. The van der Waals surface area contributed by atoms with Gasteiger partial charge in [-0.25, -0.2) is 14.4 Å². The highest BCUT2D eigenvalue weighted by molar-refractivity contribution is 14.0. The van der Waals surface area contributed by atoms with Crippen LogP contribution in [0.2, 0.25) is 0 Å². The number of thiazole rings is 1. The molecule has 0 amide bonds. The van der Waals surface area contributed by atoms with E-state index in [9.17, 15) is 4.39 Å². The van der Waals surface area contributed by atoms with Crippen molar-refractivity contribution in [1.29, 1.82) is 0 Å². The van der Waals surface area contributed by atoms with Gasteiger partial charge in [0.25, 0.3) is 0 Å². The molecule has 156 valence electrons. The van der Waals surface area contributed by atoms with Crippen LogP contribution in [-0.2, 0) is 17.8 Å². The lowest BCUT2D eigenvalue weighted by atomic mass is 10.2. The molecule has 1 aromatic heterocycles. The molecule has 0 saturated heterocycles. The zero-order valence-corrected chi connectivity index (χ0v) is 20.0. The van der Waals surface area contributed by atoms with Gasteiger partial charge in [-0.1, -0.05) is 6.07 Å². The molecule has 9 heteroatoms. The van der Waals surface area contributed by atoms with Gasteiger partial charge in [0.1, 0.15) is 11.1 Å². The molecule has 0 radical (unpaired) electrons. The van der Waals surface area contributed by atoms with Gasteiger partial charge >= 0.3 is 0 Å². The zero-order valence-electron chi connectivity index (χ0n) is 16.9. The lowest BCUT2D eigenvalue weighted by Gasteiger charge is -2.21. The van der Waals surface area contributed by atoms with Gasteiger partial charge in [-0.05, 0) is 31.5 Å². The molecule has 0 aliphatic heterocycles.